The lowest BCUT2D eigenvalue weighted by molar-refractivity contribution is 0.0127. The lowest BCUT2D eigenvalue weighted by atomic mass is 10.1. The number of nitrogens with zero attached hydrogens (tertiary/aromatic N) is 1. The maximum atomic E-state index is 12.7. The molecule has 0 N–H and O–H groups in total. The fourth-order valence-corrected chi connectivity index (χ4v) is 1.01. The first kappa shape index (κ1) is 10.1. The van der Waals surface area contributed by atoms with Crippen molar-refractivity contribution < 1.29 is 8.78 Å². The monoisotopic (exact) mass is 185 g/mol. The number of halogens is 2. The van der Waals surface area contributed by atoms with E-state index in [1.165, 1.54) is 12.3 Å². The number of aromatic nitrogens is 1. The van der Waals surface area contributed by atoms with Crippen LogP contribution in [0.5, 0.6) is 0 Å². The van der Waals surface area contributed by atoms with E-state index in [0.717, 1.165) is 12.5 Å². The molecule has 1 rings (SSSR count). The van der Waals surface area contributed by atoms with Crippen molar-refractivity contribution in [2.45, 2.75) is 32.6 Å². The van der Waals surface area contributed by atoms with Gasteiger partial charge < -0.3 is 0 Å². The van der Waals surface area contributed by atoms with E-state index in [9.17, 15) is 8.78 Å². The third-order valence-electron chi connectivity index (χ3n) is 1.90. The molecule has 0 aliphatic heterocycles. The van der Waals surface area contributed by atoms with Crippen LogP contribution in [0.25, 0.3) is 0 Å². The Kier molecular flexibility index (Phi) is 2.64. The number of hydrogen-bond donors (Lipinski definition) is 0. The van der Waals surface area contributed by atoms with Crippen molar-refractivity contribution in [1.29, 1.82) is 0 Å². The number of rotatable bonds is 2. The van der Waals surface area contributed by atoms with E-state index in [4.69, 9.17) is 0 Å². The van der Waals surface area contributed by atoms with Gasteiger partial charge in [-0.15, -0.1) is 0 Å². The first-order valence-corrected chi connectivity index (χ1v) is 4.25. The van der Waals surface area contributed by atoms with Crippen LogP contribution in [0.15, 0.2) is 18.3 Å². The maximum absolute atomic E-state index is 12.7. The molecule has 1 heterocycles. The average Bonchev–Trinajstić information content (AvgIpc) is 2.03. The molecule has 0 radical (unpaired) electrons. The molecule has 1 aromatic rings. The van der Waals surface area contributed by atoms with Gasteiger partial charge in [-0.1, -0.05) is 19.9 Å². The quantitative estimate of drug-likeness (QED) is 0.688. The topological polar surface area (TPSA) is 12.9 Å². The Bertz CT molecular complexity index is 272. The largest absolute Gasteiger partial charge is 0.286 e. The van der Waals surface area contributed by atoms with E-state index in [1.54, 1.807) is 6.07 Å². The van der Waals surface area contributed by atoms with Gasteiger partial charge in [-0.05, 0) is 17.5 Å². The second kappa shape index (κ2) is 3.40. The summed E-state index contributed by atoms with van der Waals surface area (Å²) >= 11 is 0. The summed E-state index contributed by atoms with van der Waals surface area (Å²) in [7, 11) is 0. The molecule has 3 heteroatoms. The Morgan fingerprint density at radius 3 is 2.23 bits per heavy atom. The summed E-state index contributed by atoms with van der Waals surface area (Å²) in [6.07, 6.45) is 1.51. The van der Waals surface area contributed by atoms with Crippen molar-refractivity contribution in [2.75, 3.05) is 0 Å². The molecular weight excluding hydrogens is 172 g/mol. The summed E-state index contributed by atoms with van der Waals surface area (Å²) < 4.78 is 25.4. The minimum atomic E-state index is -2.84. The molecule has 0 unspecified atom stereocenters. The molecule has 72 valence electrons. The molecule has 13 heavy (non-hydrogen) atoms. The molecule has 0 saturated heterocycles. The van der Waals surface area contributed by atoms with E-state index in [-0.39, 0.29) is 5.69 Å². The molecule has 0 fully saturated rings. The smallest absolute Gasteiger partial charge is 0.255 e. The van der Waals surface area contributed by atoms with E-state index in [0.29, 0.717) is 5.92 Å². The summed E-state index contributed by atoms with van der Waals surface area (Å²) in [5, 5.41) is 0. The average molecular weight is 185 g/mol. The summed E-state index contributed by atoms with van der Waals surface area (Å²) in [4.78, 5) is 3.72. The van der Waals surface area contributed by atoms with E-state index < -0.39 is 5.92 Å². The zero-order valence-corrected chi connectivity index (χ0v) is 8.01. The first-order valence-electron chi connectivity index (χ1n) is 4.25. The lowest BCUT2D eigenvalue weighted by Crippen LogP contribution is -2.09. The van der Waals surface area contributed by atoms with Gasteiger partial charge in [0.2, 0.25) is 0 Å². The van der Waals surface area contributed by atoms with Crippen molar-refractivity contribution in [1.82, 2.24) is 4.98 Å². The highest BCUT2D eigenvalue weighted by atomic mass is 19.3. The summed E-state index contributed by atoms with van der Waals surface area (Å²) in [5.41, 5.74) is 0.810. The van der Waals surface area contributed by atoms with Gasteiger partial charge >= 0.3 is 0 Å². The standard InChI is InChI=1S/C10H13F2N/c1-7(2)8-4-5-9(13-6-8)10(3,11)12/h4-7H,1-3H3. The van der Waals surface area contributed by atoms with E-state index in [2.05, 4.69) is 4.98 Å². The van der Waals surface area contributed by atoms with Crippen LogP contribution in [0.2, 0.25) is 0 Å². The second-order valence-corrected chi connectivity index (χ2v) is 3.52. The second-order valence-electron chi connectivity index (χ2n) is 3.52. The predicted octanol–water partition coefficient (Wildman–Crippen LogP) is 3.32. The van der Waals surface area contributed by atoms with Crippen LogP contribution in [-0.2, 0) is 5.92 Å². The SMILES string of the molecule is CC(C)c1ccc(C(C)(F)F)nc1. The fourth-order valence-electron chi connectivity index (χ4n) is 1.01. The molecule has 0 aromatic carbocycles. The number of pyridine rings is 1. The summed E-state index contributed by atoms with van der Waals surface area (Å²) in [6, 6.07) is 3.08. The predicted molar refractivity (Wildman–Crippen MR) is 47.9 cm³/mol. The number of alkyl halides is 2. The van der Waals surface area contributed by atoms with Gasteiger partial charge in [0.15, 0.2) is 0 Å². The van der Waals surface area contributed by atoms with Gasteiger partial charge in [-0.2, -0.15) is 8.78 Å². The molecule has 0 spiro atoms. The zero-order valence-electron chi connectivity index (χ0n) is 8.01. The molecule has 0 aliphatic carbocycles. The van der Waals surface area contributed by atoms with Crippen LogP contribution in [0.4, 0.5) is 8.78 Å². The van der Waals surface area contributed by atoms with Gasteiger partial charge in [0.1, 0.15) is 5.69 Å². The van der Waals surface area contributed by atoms with E-state index >= 15 is 0 Å². The molecular formula is C10H13F2N. The first-order chi connectivity index (χ1) is 5.91. The Morgan fingerprint density at radius 2 is 1.92 bits per heavy atom. The van der Waals surface area contributed by atoms with Gasteiger partial charge in [-0.3, -0.25) is 4.98 Å². The van der Waals surface area contributed by atoms with Gasteiger partial charge in [-0.25, -0.2) is 0 Å². The molecule has 0 saturated carbocycles. The van der Waals surface area contributed by atoms with Gasteiger partial charge in [0.05, 0.1) is 0 Å². The van der Waals surface area contributed by atoms with Crippen LogP contribution in [0.1, 0.15) is 37.9 Å². The van der Waals surface area contributed by atoms with Crippen LogP contribution in [-0.4, -0.2) is 4.98 Å². The van der Waals surface area contributed by atoms with Crippen molar-refractivity contribution in [2.24, 2.45) is 0 Å². The number of hydrogen-bond acceptors (Lipinski definition) is 1. The van der Waals surface area contributed by atoms with Crippen LogP contribution >= 0.6 is 0 Å². The van der Waals surface area contributed by atoms with Crippen LogP contribution in [0.3, 0.4) is 0 Å². The molecule has 1 aromatic heterocycles. The Hall–Kier alpha value is -0.990. The third-order valence-corrected chi connectivity index (χ3v) is 1.90. The Balaban J connectivity index is 2.94. The van der Waals surface area contributed by atoms with Crippen LogP contribution < -0.4 is 0 Å². The normalized spacial score (nSPS) is 12.2. The summed E-state index contributed by atoms with van der Waals surface area (Å²) in [5.74, 6) is -2.51. The van der Waals surface area contributed by atoms with Crippen molar-refractivity contribution in [3.8, 4) is 0 Å². The lowest BCUT2D eigenvalue weighted by Gasteiger charge is -2.10. The Labute approximate surface area is 76.8 Å². The highest BCUT2D eigenvalue weighted by Crippen LogP contribution is 2.25. The molecule has 1 nitrogen and oxygen atoms in total. The highest BCUT2D eigenvalue weighted by Gasteiger charge is 2.25. The van der Waals surface area contributed by atoms with Crippen LogP contribution in [0, 0.1) is 0 Å². The fraction of sp³-hybridized carbons (Fsp3) is 0.500. The Morgan fingerprint density at radius 1 is 1.31 bits per heavy atom. The summed E-state index contributed by atoms with van der Waals surface area (Å²) in [6.45, 7) is 4.85. The molecule has 0 aliphatic rings. The van der Waals surface area contributed by atoms with Gasteiger partial charge in [0, 0.05) is 13.1 Å². The minimum absolute atomic E-state index is 0.170. The molecule has 0 amide bonds. The van der Waals surface area contributed by atoms with Crippen molar-refractivity contribution in [3.05, 3.63) is 29.6 Å². The van der Waals surface area contributed by atoms with E-state index in [1.807, 2.05) is 13.8 Å². The highest BCUT2D eigenvalue weighted by molar-refractivity contribution is 5.19. The van der Waals surface area contributed by atoms with Crippen molar-refractivity contribution >= 4 is 0 Å². The minimum Gasteiger partial charge on any atom is -0.255 e. The molecule has 0 atom stereocenters. The maximum Gasteiger partial charge on any atom is 0.286 e. The van der Waals surface area contributed by atoms with Crippen molar-refractivity contribution in [3.63, 3.8) is 0 Å². The zero-order chi connectivity index (χ0) is 10.1. The van der Waals surface area contributed by atoms with Gasteiger partial charge in [0.25, 0.3) is 5.92 Å². The third kappa shape index (κ3) is 2.47. The molecule has 0 bridgehead atoms.